The summed E-state index contributed by atoms with van der Waals surface area (Å²) >= 11 is 6.17. The highest BCUT2D eigenvalue weighted by molar-refractivity contribution is 6.30. The van der Waals surface area contributed by atoms with Gasteiger partial charge >= 0.3 is 12.3 Å². The molecule has 0 bridgehead atoms. The van der Waals surface area contributed by atoms with Crippen LogP contribution < -0.4 is 4.90 Å². The van der Waals surface area contributed by atoms with Gasteiger partial charge in [0.25, 0.3) is 0 Å². The minimum atomic E-state index is -4.44. The van der Waals surface area contributed by atoms with E-state index in [2.05, 4.69) is 4.98 Å². The molecular formula is C27H24ClF3N4O2. The van der Waals surface area contributed by atoms with E-state index in [1.165, 1.54) is 18.2 Å². The molecule has 2 heterocycles. The first kappa shape index (κ1) is 26.3. The quantitative estimate of drug-likeness (QED) is 0.352. The largest absolute Gasteiger partial charge is 0.444 e. The Kier molecular flexibility index (Phi) is 7.07. The highest BCUT2D eigenvalue weighted by atomic mass is 35.5. The van der Waals surface area contributed by atoms with Crippen LogP contribution in [0.5, 0.6) is 0 Å². The molecule has 10 heteroatoms. The van der Waals surface area contributed by atoms with Crippen LogP contribution in [0.2, 0.25) is 5.02 Å². The number of pyridine rings is 1. The lowest BCUT2D eigenvalue weighted by molar-refractivity contribution is -0.137. The van der Waals surface area contributed by atoms with Gasteiger partial charge in [0.15, 0.2) is 0 Å². The average Bonchev–Trinajstić information content (AvgIpc) is 3.01. The monoisotopic (exact) mass is 528 g/mol. The van der Waals surface area contributed by atoms with Crippen molar-refractivity contribution in [3.8, 4) is 17.3 Å². The Morgan fingerprint density at radius 3 is 2.38 bits per heavy atom. The molecule has 3 aromatic rings. The fraction of sp³-hybridized carbons (Fsp3) is 0.296. The number of ether oxygens (including phenoxy) is 1. The van der Waals surface area contributed by atoms with Crippen molar-refractivity contribution < 1.29 is 22.7 Å². The maximum atomic E-state index is 13.1. The predicted octanol–water partition coefficient (Wildman–Crippen LogP) is 7.18. The number of carbonyl (C=O) groups excluding carboxylic acids is 1. The molecule has 2 aromatic carbocycles. The number of alkyl halides is 3. The molecule has 0 fully saturated rings. The summed E-state index contributed by atoms with van der Waals surface area (Å²) in [6, 6.07) is 15.5. The molecule has 1 aliphatic rings. The Balaban J connectivity index is 1.77. The zero-order chi connectivity index (χ0) is 27.0. The number of anilines is 2. The molecule has 0 N–H and O–H groups in total. The molecule has 0 spiro atoms. The Labute approximate surface area is 217 Å². The van der Waals surface area contributed by atoms with Gasteiger partial charge in [-0.25, -0.2) is 9.78 Å². The number of nitriles is 1. The van der Waals surface area contributed by atoms with Gasteiger partial charge in [-0.1, -0.05) is 17.7 Å². The van der Waals surface area contributed by atoms with Crippen LogP contribution in [-0.2, 0) is 17.5 Å². The van der Waals surface area contributed by atoms with Crippen molar-refractivity contribution in [2.75, 3.05) is 18.0 Å². The number of rotatable bonds is 2. The Morgan fingerprint density at radius 2 is 1.76 bits per heavy atom. The third kappa shape index (κ3) is 6.15. The highest BCUT2D eigenvalue weighted by Crippen LogP contribution is 2.37. The molecule has 0 radical (unpaired) electrons. The second-order valence-corrected chi connectivity index (χ2v) is 10.0. The standard InChI is InChI=1S/C27H24ClF3N4O2/c1-26(2,3)37-25(36)34-10-11-35(22-7-5-19(6-8-22)27(29,30)31)24-9-4-17(12-18(24)16-34)23-14-20(28)13-21(15-32)33-23/h4-9,12-14H,10-11,16H2,1-3H3. The van der Waals surface area contributed by atoms with E-state index in [4.69, 9.17) is 16.3 Å². The fourth-order valence-corrected chi connectivity index (χ4v) is 4.25. The smallest absolute Gasteiger partial charge is 0.416 e. The maximum Gasteiger partial charge on any atom is 0.416 e. The number of halogens is 4. The van der Waals surface area contributed by atoms with Gasteiger partial charge in [-0.2, -0.15) is 18.4 Å². The number of nitrogens with zero attached hydrogens (tertiary/aromatic N) is 4. The molecule has 1 aromatic heterocycles. The van der Waals surface area contributed by atoms with Crippen molar-refractivity contribution in [1.29, 1.82) is 5.26 Å². The lowest BCUT2D eigenvalue weighted by Crippen LogP contribution is -2.38. The summed E-state index contributed by atoms with van der Waals surface area (Å²) in [4.78, 5) is 20.7. The molecule has 6 nitrogen and oxygen atoms in total. The molecule has 0 saturated carbocycles. The predicted molar refractivity (Wildman–Crippen MR) is 134 cm³/mol. The first-order chi connectivity index (χ1) is 17.3. The summed E-state index contributed by atoms with van der Waals surface area (Å²) in [6.07, 6.45) is -4.94. The first-order valence-corrected chi connectivity index (χ1v) is 11.9. The van der Waals surface area contributed by atoms with Crippen LogP contribution in [0.4, 0.5) is 29.3 Å². The van der Waals surface area contributed by atoms with Crippen molar-refractivity contribution in [3.63, 3.8) is 0 Å². The summed E-state index contributed by atoms with van der Waals surface area (Å²) in [5.41, 5.74) is 1.92. The Morgan fingerprint density at radius 1 is 1.05 bits per heavy atom. The third-order valence-corrected chi connectivity index (χ3v) is 5.90. The van der Waals surface area contributed by atoms with E-state index in [0.717, 1.165) is 23.4 Å². The molecule has 1 amide bonds. The van der Waals surface area contributed by atoms with Crippen LogP contribution in [0, 0.1) is 11.3 Å². The van der Waals surface area contributed by atoms with Crippen molar-refractivity contribution >= 4 is 29.1 Å². The van der Waals surface area contributed by atoms with Gasteiger partial charge in [0.1, 0.15) is 17.4 Å². The summed E-state index contributed by atoms with van der Waals surface area (Å²) < 4.78 is 44.9. The van der Waals surface area contributed by atoms with Crippen molar-refractivity contribution in [3.05, 3.63) is 76.4 Å². The van der Waals surface area contributed by atoms with Gasteiger partial charge < -0.3 is 14.5 Å². The van der Waals surface area contributed by atoms with Crippen LogP contribution in [0.25, 0.3) is 11.3 Å². The second-order valence-electron chi connectivity index (χ2n) is 9.61. The highest BCUT2D eigenvalue weighted by Gasteiger charge is 2.31. The van der Waals surface area contributed by atoms with Crippen LogP contribution >= 0.6 is 11.6 Å². The van der Waals surface area contributed by atoms with Crippen LogP contribution in [0.1, 0.15) is 37.6 Å². The fourth-order valence-electron chi connectivity index (χ4n) is 4.04. The van der Waals surface area contributed by atoms with E-state index >= 15 is 0 Å². The Hall–Kier alpha value is -3.77. The van der Waals surface area contributed by atoms with Gasteiger partial charge in [0, 0.05) is 35.1 Å². The molecule has 37 heavy (non-hydrogen) atoms. The van der Waals surface area contributed by atoms with Crippen LogP contribution in [-0.4, -0.2) is 34.7 Å². The molecule has 0 aliphatic carbocycles. The number of benzene rings is 2. The van der Waals surface area contributed by atoms with E-state index in [-0.39, 0.29) is 18.8 Å². The molecule has 0 unspecified atom stereocenters. The zero-order valence-electron chi connectivity index (χ0n) is 20.4. The zero-order valence-corrected chi connectivity index (χ0v) is 21.2. The average molecular weight is 529 g/mol. The molecule has 1 aliphatic heterocycles. The summed E-state index contributed by atoms with van der Waals surface area (Å²) in [5, 5.41) is 9.64. The van der Waals surface area contributed by atoms with E-state index in [1.807, 2.05) is 23.1 Å². The molecular weight excluding hydrogens is 505 g/mol. The summed E-state index contributed by atoms with van der Waals surface area (Å²) in [5.74, 6) is 0. The van der Waals surface area contributed by atoms with Gasteiger partial charge in [0.2, 0.25) is 0 Å². The second kappa shape index (κ2) is 9.94. The number of amides is 1. The number of hydrogen-bond acceptors (Lipinski definition) is 5. The maximum absolute atomic E-state index is 13.1. The van der Waals surface area contributed by atoms with Crippen LogP contribution in [0.3, 0.4) is 0 Å². The SMILES string of the molecule is CC(C)(C)OC(=O)N1CCN(c2ccc(C(F)(F)F)cc2)c2ccc(-c3cc(Cl)cc(C#N)n3)cc2C1. The first-order valence-electron chi connectivity index (χ1n) is 11.5. The minimum Gasteiger partial charge on any atom is -0.444 e. The lowest BCUT2D eigenvalue weighted by atomic mass is 10.0. The summed E-state index contributed by atoms with van der Waals surface area (Å²) in [6.45, 7) is 6.17. The topological polar surface area (TPSA) is 69.5 Å². The van der Waals surface area contributed by atoms with Crippen molar-refractivity contribution in [1.82, 2.24) is 9.88 Å². The van der Waals surface area contributed by atoms with Crippen LogP contribution in [0.15, 0.2) is 54.6 Å². The molecule has 4 rings (SSSR count). The van der Waals surface area contributed by atoms with E-state index in [9.17, 15) is 23.2 Å². The van der Waals surface area contributed by atoms with Gasteiger partial charge in [-0.15, -0.1) is 0 Å². The lowest BCUT2D eigenvalue weighted by Gasteiger charge is -2.27. The van der Waals surface area contributed by atoms with Gasteiger partial charge in [0.05, 0.1) is 17.8 Å². The number of aromatic nitrogens is 1. The normalized spacial score (nSPS) is 14.0. The Bertz CT molecular complexity index is 1360. The third-order valence-electron chi connectivity index (χ3n) is 5.68. The van der Waals surface area contributed by atoms with Gasteiger partial charge in [-0.05, 0) is 74.9 Å². The van der Waals surface area contributed by atoms with E-state index in [1.54, 1.807) is 37.8 Å². The number of fused-ring (bicyclic) bond motifs is 1. The number of hydrogen-bond donors (Lipinski definition) is 0. The minimum absolute atomic E-state index is 0.166. The molecule has 0 saturated heterocycles. The van der Waals surface area contributed by atoms with Crippen molar-refractivity contribution in [2.24, 2.45) is 0 Å². The molecule has 192 valence electrons. The van der Waals surface area contributed by atoms with E-state index < -0.39 is 23.4 Å². The number of carbonyl (C=O) groups is 1. The van der Waals surface area contributed by atoms with Crippen molar-refractivity contribution in [2.45, 2.75) is 39.1 Å². The summed E-state index contributed by atoms with van der Waals surface area (Å²) in [7, 11) is 0. The van der Waals surface area contributed by atoms with Gasteiger partial charge in [-0.3, -0.25) is 0 Å². The molecule has 0 atom stereocenters. The van der Waals surface area contributed by atoms with E-state index in [0.29, 0.717) is 28.5 Å².